The molecule has 0 N–H and O–H groups in total. The Morgan fingerprint density at radius 1 is 1.26 bits per heavy atom. The second-order valence-corrected chi connectivity index (χ2v) is 5.33. The van der Waals surface area contributed by atoms with Crippen LogP contribution in [0.3, 0.4) is 0 Å². The highest BCUT2D eigenvalue weighted by molar-refractivity contribution is 6.20. The van der Waals surface area contributed by atoms with Gasteiger partial charge in [-0.15, -0.1) is 11.6 Å². The smallest absolute Gasteiger partial charge is 0.128 e. The molecule has 98 valence electrons. The van der Waals surface area contributed by atoms with E-state index in [0.717, 1.165) is 28.4 Å². The maximum absolute atomic E-state index is 6.24. The first-order valence-electron chi connectivity index (χ1n) is 6.29. The van der Waals surface area contributed by atoms with Crippen molar-refractivity contribution in [3.05, 3.63) is 53.7 Å². The first-order chi connectivity index (χ1) is 9.15. The molecule has 0 spiro atoms. The van der Waals surface area contributed by atoms with Gasteiger partial charge >= 0.3 is 0 Å². The predicted octanol–water partition coefficient (Wildman–Crippen LogP) is 4.29. The summed E-state index contributed by atoms with van der Waals surface area (Å²) in [7, 11) is 0. The number of hydrogen-bond acceptors (Lipinski definition) is 2. The Labute approximate surface area is 116 Å². The van der Waals surface area contributed by atoms with Crippen LogP contribution in [0, 0.1) is 6.92 Å². The quantitative estimate of drug-likeness (QED) is 0.667. The molecule has 0 fully saturated rings. The SMILES string of the molecule is Cc1ccc(Cn2c(C(C)Cl)nc3ccccc32)o1. The molecule has 3 aromatic rings. The molecular weight excluding hydrogens is 260 g/mol. The van der Waals surface area contributed by atoms with E-state index in [9.17, 15) is 0 Å². The van der Waals surface area contributed by atoms with Gasteiger partial charge in [0.25, 0.3) is 0 Å². The van der Waals surface area contributed by atoms with Crippen LogP contribution in [0.15, 0.2) is 40.8 Å². The van der Waals surface area contributed by atoms with Crippen LogP contribution >= 0.6 is 11.6 Å². The van der Waals surface area contributed by atoms with E-state index in [2.05, 4.69) is 15.6 Å². The molecule has 19 heavy (non-hydrogen) atoms. The normalized spacial score (nSPS) is 13.0. The molecule has 0 saturated heterocycles. The Morgan fingerprint density at radius 2 is 2.05 bits per heavy atom. The Kier molecular flexibility index (Phi) is 3.07. The molecule has 1 unspecified atom stereocenters. The number of aromatic nitrogens is 2. The molecule has 3 rings (SSSR count). The second kappa shape index (κ2) is 4.74. The van der Waals surface area contributed by atoms with Crippen LogP contribution in [0.25, 0.3) is 11.0 Å². The third-order valence-corrected chi connectivity index (χ3v) is 3.35. The number of benzene rings is 1. The van der Waals surface area contributed by atoms with Crippen LogP contribution in [-0.2, 0) is 6.54 Å². The minimum atomic E-state index is -0.136. The van der Waals surface area contributed by atoms with Crippen LogP contribution in [-0.4, -0.2) is 9.55 Å². The van der Waals surface area contributed by atoms with Crippen LogP contribution in [0.2, 0.25) is 0 Å². The second-order valence-electron chi connectivity index (χ2n) is 4.67. The lowest BCUT2D eigenvalue weighted by Crippen LogP contribution is -2.05. The number of halogens is 1. The van der Waals surface area contributed by atoms with Crippen molar-refractivity contribution >= 4 is 22.6 Å². The summed E-state index contributed by atoms with van der Waals surface area (Å²) in [5.41, 5.74) is 2.05. The molecule has 0 aliphatic heterocycles. The molecule has 2 aromatic heterocycles. The topological polar surface area (TPSA) is 31.0 Å². The third kappa shape index (κ3) is 2.26. The molecule has 3 nitrogen and oxygen atoms in total. The molecule has 1 aromatic carbocycles. The van der Waals surface area contributed by atoms with Crippen molar-refractivity contribution in [2.24, 2.45) is 0 Å². The fraction of sp³-hybridized carbons (Fsp3) is 0.267. The van der Waals surface area contributed by atoms with Crippen LogP contribution < -0.4 is 0 Å². The molecule has 4 heteroatoms. The van der Waals surface area contributed by atoms with E-state index in [1.54, 1.807) is 0 Å². The summed E-state index contributed by atoms with van der Waals surface area (Å²) in [6, 6.07) is 12.0. The summed E-state index contributed by atoms with van der Waals surface area (Å²) < 4.78 is 7.77. The molecule has 0 saturated carbocycles. The standard InChI is InChI=1S/C15H15ClN2O/c1-10-7-8-12(19-10)9-18-14-6-4-3-5-13(14)17-15(18)11(2)16/h3-8,11H,9H2,1-2H3. The predicted molar refractivity (Wildman–Crippen MR) is 76.5 cm³/mol. The monoisotopic (exact) mass is 274 g/mol. The number of aryl methyl sites for hydroxylation is 1. The number of nitrogens with zero attached hydrogens (tertiary/aromatic N) is 2. The summed E-state index contributed by atoms with van der Waals surface area (Å²) in [6.45, 7) is 4.54. The van der Waals surface area contributed by atoms with Crippen molar-refractivity contribution in [2.45, 2.75) is 25.8 Å². The first-order valence-corrected chi connectivity index (χ1v) is 6.73. The molecule has 2 heterocycles. The molecule has 1 atom stereocenters. The maximum Gasteiger partial charge on any atom is 0.128 e. The molecule has 0 aliphatic rings. The van der Waals surface area contributed by atoms with Crippen LogP contribution in [0.5, 0.6) is 0 Å². The van der Waals surface area contributed by atoms with Gasteiger partial charge in [0, 0.05) is 0 Å². The average Bonchev–Trinajstić information content (AvgIpc) is 2.95. The fourth-order valence-electron chi connectivity index (χ4n) is 2.29. The number of hydrogen-bond donors (Lipinski definition) is 0. The van der Waals surface area contributed by atoms with Gasteiger partial charge in [0.05, 0.1) is 23.0 Å². The van der Waals surface area contributed by atoms with E-state index in [-0.39, 0.29) is 5.38 Å². The lowest BCUT2D eigenvalue weighted by atomic mass is 10.3. The number of imidazole rings is 1. The van der Waals surface area contributed by atoms with Gasteiger partial charge in [-0.1, -0.05) is 12.1 Å². The minimum absolute atomic E-state index is 0.136. The zero-order chi connectivity index (χ0) is 13.4. The zero-order valence-corrected chi connectivity index (χ0v) is 11.7. The van der Waals surface area contributed by atoms with Gasteiger partial charge in [0.15, 0.2) is 0 Å². The molecule has 0 aliphatic carbocycles. The maximum atomic E-state index is 6.24. The van der Waals surface area contributed by atoms with Gasteiger partial charge in [0.1, 0.15) is 17.3 Å². The van der Waals surface area contributed by atoms with Crippen molar-refractivity contribution in [1.82, 2.24) is 9.55 Å². The Balaban J connectivity index is 2.12. The number of para-hydroxylation sites is 2. The molecule has 0 amide bonds. The lowest BCUT2D eigenvalue weighted by molar-refractivity contribution is 0.469. The van der Waals surface area contributed by atoms with Gasteiger partial charge in [-0.05, 0) is 38.1 Å². The number of fused-ring (bicyclic) bond motifs is 1. The number of furan rings is 1. The molecular formula is C15H15ClN2O. The van der Waals surface area contributed by atoms with E-state index < -0.39 is 0 Å². The summed E-state index contributed by atoms with van der Waals surface area (Å²) in [6.07, 6.45) is 0. The number of alkyl halides is 1. The van der Waals surface area contributed by atoms with E-state index in [4.69, 9.17) is 16.0 Å². The van der Waals surface area contributed by atoms with Crippen LogP contribution in [0.4, 0.5) is 0 Å². The van der Waals surface area contributed by atoms with Crippen molar-refractivity contribution in [3.63, 3.8) is 0 Å². The number of rotatable bonds is 3. The Bertz CT molecular complexity index is 712. The average molecular weight is 275 g/mol. The summed E-state index contributed by atoms with van der Waals surface area (Å²) in [4.78, 5) is 4.60. The first kappa shape index (κ1) is 12.3. The molecule has 0 radical (unpaired) electrons. The highest BCUT2D eigenvalue weighted by Gasteiger charge is 2.15. The Morgan fingerprint density at radius 3 is 2.74 bits per heavy atom. The van der Waals surface area contributed by atoms with Crippen molar-refractivity contribution in [1.29, 1.82) is 0 Å². The van der Waals surface area contributed by atoms with Gasteiger partial charge in [-0.25, -0.2) is 4.98 Å². The Hall–Kier alpha value is -1.74. The summed E-state index contributed by atoms with van der Waals surface area (Å²) in [5.74, 6) is 2.70. The minimum Gasteiger partial charge on any atom is -0.464 e. The van der Waals surface area contributed by atoms with E-state index in [1.807, 2.05) is 44.2 Å². The van der Waals surface area contributed by atoms with Crippen LogP contribution in [0.1, 0.15) is 29.6 Å². The third-order valence-electron chi connectivity index (χ3n) is 3.15. The van der Waals surface area contributed by atoms with Gasteiger partial charge in [-0.2, -0.15) is 0 Å². The fourth-order valence-corrected chi connectivity index (χ4v) is 2.46. The molecule has 0 bridgehead atoms. The van der Waals surface area contributed by atoms with Gasteiger partial charge in [-0.3, -0.25) is 0 Å². The van der Waals surface area contributed by atoms with Gasteiger partial charge in [0.2, 0.25) is 0 Å². The van der Waals surface area contributed by atoms with E-state index >= 15 is 0 Å². The van der Waals surface area contributed by atoms with Crippen molar-refractivity contribution in [2.75, 3.05) is 0 Å². The largest absolute Gasteiger partial charge is 0.464 e. The summed E-state index contributed by atoms with van der Waals surface area (Å²) >= 11 is 6.24. The highest BCUT2D eigenvalue weighted by atomic mass is 35.5. The zero-order valence-electron chi connectivity index (χ0n) is 10.9. The van der Waals surface area contributed by atoms with E-state index in [1.165, 1.54) is 0 Å². The van der Waals surface area contributed by atoms with Crippen molar-refractivity contribution in [3.8, 4) is 0 Å². The van der Waals surface area contributed by atoms with E-state index in [0.29, 0.717) is 6.54 Å². The lowest BCUT2D eigenvalue weighted by Gasteiger charge is -2.08. The van der Waals surface area contributed by atoms with Gasteiger partial charge < -0.3 is 8.98 Å². The summed E-state index contributed by atoms with van der Waals surface area (Å²) in [5, 5.41) is -0.136. The van der Waals surface area contributed by atoms with Crippen molar-refractivity contribution < 1.29 is 4.42 Å². The highest BCUT2D eigenvalue weighted by Crippen LogP contribution is 2.25.